The first-order chi connectivity index (χ1) is 8.62. The number of hydrogen-bond acceptors (Lipinski definition) is 5. The average molecular weight is 286 g/mol. The third kappa shape index (κ3) is 3.76. The van der Waals surface area contributed by atoms with Gasteiger partial charge in [0.25, 0.3) is 0 Å². The normalized spacial score (nSPS) is 11.1. The van der Waals surface area contributed by atoms with E-state index in [0.717, 1.165) is 6.07 Å². The Kier molecular flexibility index (Phi) is 4.28. The number of nitrogens with zero attached hydrogens (tertiary/aromatic N) is 1. The van der Waals surface area contributed by atoms with Gasteiger partial charge in [0.05, 0.1) is 9.82 Å². The molecule has 0 aliphatic rings. The van der Waals surface area contributed by atoms with Crippen LogP contribution in [0.1, 0.15) is 12.5 Å². The summed E-state index contributed by atoms with van der Waals surface area (Å²) in [7, 11) is -4.02. The monoisotopic (exact) mass is 286 g/mol. The van der Waals surface area contributed by atoms with Crippen molar-refractivity contribution in [3.05, 3.63) is 40.0 Å². The van der Waals surface area contributed by atoms with E-state index in [2.05, 4.69) is 6.58 Å². The Morgan fingerprint density at radius 3 is 2.53 bits per heavy atom. The number of primary sulfonamides is 1. The minimum Gasteiger partial charge on any atom is -0.482 e. The molecule has 0 aliphatic heterocycles. The predicted molar refractivity (Wildman–Crippen MR) is 69.5 cm³/mol. The van der Waals surface area contributed by atoms with Crippen molar-refractivity contribution in [2.24, 2.45) is 5.14 Å². The van der Waals surface area contributed by atoms with E-state index >= 15 is 0 Å². The molecule has 0 unspecified atom stereocenters. The summed E-state index contributed by atoms with van der Waals surface area (Å²) < 4.78 is 27.8. The second-order valence-corrected chi connectivity index (χ2v) is 5.66. The van der Waals surface area contributed by atoms with Crippen LogP contribution in [0.2, 0.25) is 0 Å². The van der Waals surface area contributed by atoms with Crippen molar-refractivity contribution in [3.63, 3.8) is 0 Å². The number of benzene rings is 1. The van der Waals surface area contributed by atoms with Crippen LogP contribution in [0.5, 0.6) is 5.75 Å². The molecule has 0 bridgehead atoms. The highest BCUT2D eigenvalue weighted by atomic mass is 32.2. The van der Waals surface area contributed by atoms with E-state index in [-0.39, 0.29) is 22.8 Å². The fourth-order valence-electron chi connectivity index (χ4n) is 1.42. The molecule has 0 saturated heterocycles. The van der Waals surface area contributed by atoms with Crippen LogP contribution >= 0.6 is 0 Å². The highest BCUT2D eigenvalue weighted by Gasteiger charge is 2.22. The zero-order chi connectivity index (χ0) is 14.8. The summed E-state index contributed by atoms with van der Waals surface area (Å²) in [4.78, 5) is 9.91. The third-order valence-electron chi connectivity index (χ3n) is 2.23. The van der Waals surface area contributed by atoms with Gasteiger partial charge in [-0.1, -0.05) is 6.58 Å². The lowest BCUT2D eigenvalue weighted by Crippen LogP contribution is -2.14. The molecule has 0 aliphatic carbocycles. The van der Waals surface area contributed by atoms with E-state index in [1.54, 1.807) is 6.92 Å². The van der Waals surface area contributed by atoms with Crippen molar-refractivity contribution in [2.45, 2.75) is 18.7 Å². The lowest BCUT2D eigenvalue weighted by atomic mass is 10.2. The summed E-state index contributed by atoms with van der Waals surface area (Å²) >= 11 is 0. The maximum atomic E-state index is 11.3. The number of sulfonamides is 1. The summed E-state index contributed by atoms with van der Waals surface area (Å²) in [6.45, 7) is 6.91. The van der Waals surface area contributed by atoms with Crippen LogP contribution in [0.3, 0.4) is 0 Å². The Bertz CT molecular complexity index is 637. The smallest absolute Gasteiger partial charge is 0.312 e. The summed E-state index contributed by atoms with van der Waals surface area (Å²) in [5, 5.41) is 15.9. The molecule has 1 aromatic rings. The van der Waals surface area contributed by atoms with Crippen LogP contribution < -0.4 is 9.88 Å². The highest BCUT2D eigenvalue weighted by Crippen LogP contribution is 2.32. The van der Waals surface area contributed by atoms with Crippen molar-refractivity contribution in [1.29, 1.82) is 0 Å². The van der Waals surface area contributed by atoms with Crippen LogP contribution in [0.25, 0.3) is 0 Å². The first-order valence-corrected chi connectivity index (χ1v) is 6.76. The van der Waals surface area contributed by atoms with Crippen molar-refractivity contribution in [1.82, 2.24) is 0 Å². The number of nitro benzene ring substituents is 1. The van der Waals surface area contributed by atoms with E-state index in [1.165, 1.54) is 13.0 Å². The van der Waals surface area contributed by atoms with Gasteiger partial charge in [-0.25, -0.2) is 13.6 Å². The van der Waals surface area contributed by atoms with Gasteiger partial charge in [0.2, 0.25) is 10.0 Å². The number of aryl methyl sites for hydroxylation is 1. The van der Waals surface area contributed by atoms with Crippen LogP contribution in [0, 0.1) is 17.0 Å². The quantitative estimate of drug-likeness (QED) is 0.500. The molecule has 7 nitrogen and oxygen atoms in total. The molecule has 1 rings (SSSR count). The molecule has 2 N–H and O–H groups in total. The van der Waals surface area contributed by atoms with E-state index in [4.69, 9.17) is 9.88 Å². The summed E-state index contributed by atoms with van der Waals surface area (Å²) in [6.07, 6.45) is 0. The maximum absolute atomic E-state index is 11.3. The molecule has 0 fully saturated rings. The summed E-state index contributed by atoms with van der Waals surface area (Å²) in [5.41, 5.74) is 0.517. The standard InChI is InChI=1S/C11H14N2O5S/c1-7(2)6-18-10-4-8(3)11(19(12,16)17)5-9(10)13(14)15/h4-5H,1,6H2,2-3H3,(H2,12,16,17). The van der Waals surface area contributed by atoms with Crippen molar-refractivity contribution in [2.75, 3.05) is 6.61 Å². The van der Waals surface area contributed by atoms with Crippen molar-refractivity contribution >= 4 is 15.7 Å². The Balaban J connectivity index is 3.38. The molecular formula is C11H14N2O5S. The Labute approximate surface area is 110 Å². The first kappa shape index (κ1) is 15.1. The van der Waals surface area contributed by atoms with Gasteiger partial charge in [-0.15, -0.1) is 0 Å². The van der Waals surface area contributed by atoms with Gasteiger partial charge in [-0.05, 0) is 31.1 Å². The number of rotatable bonds is 5. The van der Waals surface area contributed by atoms with Gasteiger partial charge in [0.1, 0.15) is 6.61 Å². The molecular weight excluding hydrogens is 272 g/mol. The summed E-state index contributed by atoms with van der Waals surface area (Å²) in [6, 6.07) is 2.18. The zero-order valence-corrected chi connectivity index (χ0v) is 11.4. The minimum absolute atomic E-state index is 0.0158. The highest BCUT2D eigenvalue weighted by molar-refractivity contribution is 7.89. The van der Waals surface area contributed by atoms with E-state index in [9.17, 15) is 18.5 Å². The number of nitrogens with two attached hydrogens (primary N) is 1. The molecule has 0 amide bonds. The van der Waals surface area contributed by atoms with Gasteiger partial charge in [0, 0.05) is 6.07 Å². The van der Waals surface area contributed by atoms with Gasteiger partial charge >= 0.3 is 5.69 Å². The van der Waals surface area contributed by atoms with Gasteiger partial charge < -0.3 is 4.74 Å². The second kappa shape index (κ2) is 5.37. The fourth-order valence-corrected chi connectivity index (χ4v) is 2.20. The minimum atomic E-state index is -4.02. The maximum Gasteiger partial charge on any atom is 0.312 e. The molecule has 0 heterocycles. The number of nitro groups is 1. The summed E-state index contributed by atoms with van der Waals surface area (Å²) in [5.74, 6) is -0.0158. The number of hydrogen-bond donors (Lipinski definition) is 1. The molecule has 1 aromatic carbocycles. The average Bonchev–Trinajstić information content (AvgIpc) is 2.23. The lowest BCUT2D eigenvalue weighted by molar-refractivity contribution is -0.386. The molecule has 104 valence electrons. The fraction of sp³-hybridized carbons (Fsp3) is 0.273. The molecule has 0 atom stereocenters. The molecule has 0 spiro atoms. The topological polar surface area (TPSA) is 113 Å². The Morgan fingerprint density at radius 1 is 1.53 bits per heavy atom. The van der Waals surface area contributed by atoms with E-state index in [1.807, 2.05) is 0 Å². The van der Waals surface area contributed by atoms with Gasteiger partial charge in [-0.3, -0.25) is 10.1 Å². The zero-order valence-electron chi connectivity index (χ0n) is 10.5. The predicted octanol–water partition coefficient (Wildman–Crippen LogP) is 1.51. The third-order valence-corrected chi connectivity index (χ3v) is 3.29. The molecule has 19 heavy (non-hydrogen) atoms. The van der Waals surface area contributed by atoms with E-state index < -0.39 is 20.6 Å². The van der Waals surface area contributed by atoms with Gasteiger partial charge in [0.15, 0.2) is 5.75 Å². The van der Waals surface area contributed by atoms with E-state index in [0.29, 0.717) is 5.57 Å². The molecule has 0 saturated carbocycles. The van der Waals surface area contributed by atoms with Crippen LogP contribution in [0.15, 0.2) is 29.2 Å². The Hall–Kier alpha value is -1.93. The van der Waals surface area contributed by atoms with Gasteiger partial charge in [-0.2, -0.15) is 0 Å². The SMILES string of the molecule is C=C(C)COc1cc(C)c(S(N)(=O)=O)cc1[N+](=O)[O-]. The largest absolute Gasteiger partial charge is 0.482 e. The molecule has 0 aromatic heterocycles. The molecule has 8 heteroatoms. The van der Waals surface area contributed by atoms with Crippen molar-refractivity contribution in [3.8, 4) is 5.75 Å². The van der Waals surface area contributed by atoms with Crippen LogP contribution in [-0.2, 0) is 10.0 Å². The van der Waals surface area contributed by atoms with Crippen molar-refractivity contribution < 1.29 is 18.1 Å². The van der Waals surface area contributed by atoms with Crippen LogP contribution in [-0.4, -0.2) is 19.9 Å². The van der Waals surface area contributed by atoms with Crippen LogP contribution in [0.4, 0.5) is 5.69 Å². The molecule has 0 radical (unpaired) electrons. The first-order valence-electron chi connectivity index (χ1n) is 5.22. The second-order valence-electron chi connectivity index (χ2n) is 4.13. The lowest BCUT2D eigenvalue weighted by Gasteiger charge is -2.10. The Morgan fingerprint density at radius 2 is 2.11 bits per heavy atom. The number of ether oxygens (including phenoxy) is 1.